The van der Waals surface area contributed by atoms with Gasteiger partial charge in [-0.15, -0.1) is 0 Å². The Labute approximate surface area is 202 Å². The lowest BCUT2D eigenvalue weighted by atomic mass is 9.93. The lowest BCUT2D eigenvalue weighted by Gasteiger charge is -2.26. The van der Waals surface area contributed by atoms with Crippen LogP contribution in [0.3, 0.4) is 0 Å². The van der Waals surface area contributed by atoms with E-state index >= 15 is 0 Å². The Morgan fingerprint density at radius 1 is 0.735 bits per heavy atom. The Bertz CT molecular complexity index is 763. The quantitative estimate of drug-likeness (QED) is 0.270. The van der Waals surface area contributed by atoms with Crippen molar-refractivity contribution in [1.29, 1.82) is 0 Å². The molecule has 1 heterocycles. The second-order valence-corrected chi connectivity index (χ2v) is 10.1. The number of Topliss-reactive ketones (excluding diaryl/α,β-unsaturated/α-hetero) is 1. The van der Waals surface area contributed by atoms with E-state index in [9.17, 15) is 24.0 Å². The van der Waals surface area contributed by atoms with E-state index < -0.39 is 47.5 Å². The van der Waals surface area contributed by atoms with Crippen LogP contribution in [0.2, 0.25) is 0 Å². The number of hydrogen-bond acceptors (Lipinski definition) is 6. The summed E-state index contributed by atoms with van der Waals surface area (Å²) in [6, 6.07) is -3.32. The Kier molecular flexibility index (Phi) is 11.1. The van der Waals surface area contributed by atoms with Crippen molar-refractivity contribution in [3.05, 3.63) is 0 Å². The average Bonchev–Trinajstić information content (AvgIpc) is 3.49. The minimum Gasteiger partial charge on any atom is -0.361 e. The van der Waals surface area contributed by atoms with Gasteiger partial charge in [-0.3, -0.25) is 24.0 Å². The molecule has 0 aliphatic carbocycles. The van der Waals surface area contributed by atoms with Crippen molar-refractivity contribution in [1.82, 2.24) is 21.3 Å². The number of carbonyl (C=O) groups is 5. The molecule has 1 fully saturated rings. The molecule has 1 aliphatic heterocycles. The lowest BCUT2D eigenvalue weighted by molar-refractivity contribution is -0.134. The number of ether oxygens (including phenoxy) is 1. The molecule has 10 heteroatoms. The summed E-state index contributed by atoms with van der Waals surface area (Å²) in [6.07, 6.45) is 1.05. The van der Waals surface area contributed by atoms with Crippen molar-refractivity contribution in [3.63, 3.8) is 0 Å². The highest BCUT2D eigenvalue weighted by Crippen LogP contribution is 2.29. The monoisotopic (exact) mass is 482 g/mol. The molecule has 0 spiro atoms. The van der Waals surface area contributed by atoms with E-state index in [-0.39, 0.29) is 29.9 Å². The van der Waals surface area contributed by atoms with Crippen LogP contribution in [-0.2, 0) is 28.7 Å². The van der Waals surface area contributed by atoms with Crippen LogP contribution < -0.4 is 21.3 Å². The first-order valence-corrected chi connectivity index (χ1v) is 12.1. The van der Waals surface area contributed by atoms with E-state index in [2.05, 4.69) is 21.3 Å². The first kappa shape index (κ1) is 29.5. The van der Waals surface area contributed by atoms with E-state index in [0.29, 0.717) is 19.4 Å². The molecule has 1 aliphatic rings. The summed E-state index contributed by atoms with van der Waals surface area (Å²) in [4.78, 5) is 62.5. The molecular weight excluding hydrogens is 440 g/mol. The van der Waals surface area contributed by atoms with Crippen LogP contribution in [0.1, 0.15) is 74.7 Å². The normalized spacial score (nSPS) is 20.6. The number of epoxide rings is 1. The van der Waals surface area contributed by atoms with Gasteiger partial charge in [-0.1, -0.05) is 34.6 Å². The summed E-state index contributed by atoms with van der Waals surface area (Å²) in [7, 11) is 0. The zero-order valence-electron chi connectivity index (χ0n) is 21.7. The SMILES string of the molecule is CCC(=O)N[C@@H](C)C(=O)NC(CC(C)C)C(=O)N[C@@H](C)C(=O)NC(CC(C)C)C(=O)[C@@]1(C)CO1. The van der Waals surface area contributed by atoms with Crippen LogP contribution in [0, 0.1) is 11.8 Å². The fraction of sp³-hybridized carbons (Fsp3) is 0.792. The second-order valence-electron chi connectivity index (χ2n) is 10.1. The summed E-state index contributed by atoms with van der Waals surface area (Å²) in [5, 5.41) is 10.6. The number of rotatable bonds is 14. The predicted octanol–water partition coefficient (Wildman–Crippen LogP) is 0.826. The molecule has 4 amide bonds. The van der Waals surface area contributed by atoms with Crippen LogP contribution in [0.15, 0.2) is 0 Å². The van der Waals surface area contributed by atoms with Crippen molar-refractivity contribution in [2.24, 2.45) is 11.8 Å². The summed E-state index contributed by atoms with van der Waals surface area (Å²) >= 11 is 0. The molecule has 194 valence electrons. The van der Waals surface area contributed by atoms with Gasteiger partial charge in [0.15, 0.2) is 5.78 Å². The smallest absolute Gasteiger partial charge is 0.243 e. The van der Waals surface area contributed by atoms with E-state index in [1.54, 1.807) is 20.8 Å². The molecule has 5 atom stereocenters. The van der Waals surface area contributed by atoms with Crippen molar-refractivity contribution >= 4 is 29.4 Å². The van der Waals surface area contributed by atoms with Gasteiger partial charge >= 0.3 is 0 Å². The zero-order valence-corrected chi connectivity index (χ0v) is 21.7. The van der Waals surface area contributed by atoms with Gasteiger partial charge in [0.1, 0.15) is 23.7 Å². The molecular formula is C24H42N4O6. The summed E-state index contributed by atoms with van der Waals surface area (Å²) < 4.78 is 5.25. The third kappa shape index (κ3) is 9.40. The molecule has 2 unspecified atom stereocenters. The molecule has 1 rings (SSSR count). The number of carbonyl (C=O) groups excluding carboxylic acids is 5. The average molecular weight is 483 g/mol. The van der Waals surface area contributed by atoms with Gasteiger partial charge in [-0.25, -0.2) is 0 Å². The van der Waals surface area contributed by atoms with Gasteiger partial charge in [0, 0.05) is 6.42 Å². The number of amides is 4. The van der Waals surface area contributed by atoms with E-state index in [1.165, 1.54) is 6.92 Å². The molecule has 4 N–H and O–H groups in total. The Hall–Kier alpha value is -2.49. The highest BCUT2D eigenvalue weighted by molar-refractivity contribution is 5.98. The standard InChI is InChI=1S/C24H42N4O6/c1-9-19(29)25-15(6)21(31)28-18(11-14(4)5)23(33)26-16(7)22(32)27-17(10-13(2)3)20(30)24(8)12-34-24/h13-18H,9-12H2,1-8H3,(H,25,29)(H,26,33)(H,27,32)(H,28,31)/t15-,16-,17?,18?,24+/m0/s1. The van der Waals surface area contributed by atoms with Gasteiger partial charge < -0.3 is 26.0 Å². The van der Waals surface area contributed by atoms with Crippen molar-refractivity contribution in [2.75, 3.05) is 6.61 Å². The Balaban J connectivity index is 2.80. The minimum absolute atomic E-state index is 0.0908. The van der Waals surface area contributed by atoms with Gasteiger partial charge in [-0.2, -0.15) is 0 Å². The molecule has 0 aromatic carbocycles. The number of nitrogens with one attached hydrogen (secondary N) is 4. The fourth-order valence-corrected chi connectivity index (χ4v) is 3.41. The number of hydrogen-bond donors (Lipinski definition) is 4. The molecule has 0 radical (unpaired) electrons. The molecule has 34 heavy (non-hydrogen) atoms. The topological polar surface area (TPSA) is 146 Å². The fourth-order valence-electron chi connectivity index (χ4n) is 3.41. The van der Waals surface area contributed by atoms with Gasteiger partial charge in [0.25, 0.3) is 0 Å². The molecule has 0 aromatic rings. The number of ketones is 1. The van der Waals surface area contributed by atoms with Crippen molar-refractivity contribution in [3.8, 4) is 0 Å². The first-order valence-electron chi connectivity index (χ1n) is 12.1. The van der Waals surface area contributed by atoms with Crippen molar-refractivity contribution in [2.45, 2.75) is 104 Å². The second kappa shape index (κ2) is 12.8. The largest absolute Gasteiger partial charge is 0.361 e. The lowest BCUT2D eigenvalue weighted by Crippen LogP contribution is -2.57. The van der Waals surface area contributed by atoms with Gasteiger partial charge in [0.05, 0.1) is 12.6 Å². The summed E-state index contributed by atoms with van der Waals surface area (Å²) in [5.74, 6) is -1.68. The summed E-state index contributed by atoms with van der Waals surface area (Å²) in [6.45, 7) is 14.5. The highest BCUT2D eigenvalue weighted by Gasteiger charge is 2.50. The van der Waals surface area contributed by atoms with Gasteiger partial charge in [0.2, 0.25) is 23.6 Å². The minimum atomic E-state index is -0.924. The molecule has 0 bridgehead atoms. The molecule has 1 saturated heterocycles. The first-order chi connectivity index (χ1) is 15.7. The summed E-state index contributed by atoms with van der Waals surface area (Å²) in [5.41, 5.74) is -0.865. The van der Waals surface area contributed by atoms with Crippen LogP contribution in [0.25, 0.3) is 0 Å². The Morgan fingerprint density at radius 2 is 1.18 bits per heavy atom. The Morgan fingerprint density at radius 3 is 1.62 bits per heavy atom. The maximum absolute atomic E-state index is 12.9. The predicted molar refractivity (Wildman–Crippen MR) is 128 cm³/mol. The van der Waals surface area contributed by atoms with Gasteiger partial charge in [-0.05, 0) is 45.4 Å². The highest BCUT2D eigenvalue weighted by atomic mass is 16.6. The molecule has 0 saturated carbocycles. The van der Waals surface area contributed by atoms with E-state index in [1.807, 2.05) is 27.7 Å². The van der Waals surface area contributed by atoms with E-state index in [4.69, 9.17) is 4.74 Å². The molecule has 0 aromatic heterocycles. The van der Waals surface area contributed by atoms with E-state index in [0.717, 1.165) is 0 Å². The molecule has 10 nitrogen and oxygen atoms in total. The van der Waals surface area contributed by atoms with Crippen molar-refractivity contribution < 1.29 is 28.7 Å². The van der Waals surface area contributed by atoms with Crippen LogP contribution >= 0.6 is 0 Å². The zero-order chi connectivity index (χ0) is 26.2. The maximum Gasteiger partial charge on any atom is 0.243 e. The van der Waals surface area contributed by atoms with Crippen LogP contribution in [0.5, 0.6) is 0 Å². The third-order valence-corrected chi connectivity index (χ3v) is 5.62. The van der Waals surface area contributed by atoms with Crippen LogP contribution in [0.4, 0.5) is 0 Å². The maximum atomic E-state index is 12.9. The van der Waals surface area contributed by atoms with Crippen LogP contribution in [-0.4, -0.2) is 65.8 Å². The third-order valence-electron chi connectivity index (χ3n) is 5.62.